The summed E-state index contributed by atoms with van der Waals surface area (Å²) in [6, 6.07) is 1.95. The summed E-state index contributed by atoms with van der Waals surface area (Å²) >= 11 is 1.05. The van der Waals surface area contributed by atoms with Crippen molar-refractivity contribution in [2.45, 2.75) is 12.5 Å². The van der Waals surface area contributed by atoms with Crippen molar-refractivity contribution >= 4 is 29.1 Å². The van der Waals surface area contributed by atoms with Gasteiger partial charge in [-0.05, 0) is 23.8 Å². The fraction of sp³-hybridized carbons (Fsp3) is 0.250. The van der Waals surface area contributed by atoms with Crippen LogP contribution in [0.15, 0.2) is 28.4 Å². The van der Waals surface area contributed by atoms with E-state index in [1.807, 2.05) is 0 Å². The van der Waals surface area contributed by atoms with Crippen LogP contribution in [0.5, 0.6) is 5.75 Å². The highest BCUT2D eigenvalue weighted by Gasteiger charge is 2.39. The largest absolute Gasteiger partial charge is 0.573 e. The summed E-state index contributed by atoms with van der Waals surface area (Å²) < 4.78 is 78.3. The van der Waals surface area contributed by atoms with Crippen molar-refractivity contribution in [2.75, 3.05) is 5.75 Å². The van der Waals surface area contributed by atoms with E-state index >= 15 is 0 Å². The molecule has 0 radical (unpaired) electrons. The average molecular weight is 371 g/mol. The summed E-state index contributed by atoms with van der Waals surface area (Å²) in [5.74, 6) is -1.50. The minimum atomic E-state index is -5.25. The molecule has 1 aliphatic rings. The zero-order chi connectivity index (χ0) is 18.0. The van der Waals surface area contributed by atoms with Crippen LogP contribution in [0.4, 0.5) is 26.3 Å². The van der Waals surface area contributed by atoms with Gasteiger partial charge in [-0.15, -0.1) is 18.3 Å². The first-order valence-corrected chi connectivity index (χ1v) is 7.04. The Labute approximate surface area is 134 Å². The van der Waals surface area contributed by atoms with Crippen molar-refractivity contribution in [3.63, 3.8) is 0 Å². The smallest absolute Gasteiger partial charge is 0.405 e. The number of alkyl halides is 6. The third kappa shape index (κ3) is 5.15. The molecular formula is C12H7F6N3O2S. The van der Waals surface area contributed by atoms with E-state index in [1.165, 1.54) is 0 Å². The molecule has 1 amide bonds. The Bertz CT molecular complexity index is 699. The molecule has 0 spiro atoms. The molecule has 1 heterocycles. The first kappa shape index (κ1) is 18.1. The summed E-state index contributed by atoms with van der Waals surface area (Å²) in [6.07, 6.45) is -9.39. The van der Waals surface area contributed by atoms with Crippen LogP contribution in [0.1, 0.15) is 11.1 Å². The number of amides is 1. The standard InChI is InChI=1S/C12H7F6N3O2S/c13-11(14,15)7-3-6(1-2-8(7)23-12(16,17)18)4-19-21-10-20-9(22)5-24-10/h1-4H,5H2,(H,20,21,22). The molecule has 5 nitrogen and oxygen atoms in total. The minimum Gasteiger partial charge on any atom is -0.405 e. The lowest BCUT2D eigenvalue weighted by Gasteiger charge is -2.15. The second-order valence-electron chi connectivity index (χ2n) is 4.29. The fourth-order valence-corrected chi connectivity index (χ4v) is 2.22. The Morgan fingerprint density at radius 3 is 2.46 bits per heavy atom. The Morgan fingerprint density at radius 2 is 1.92 bits per heavy atom. The number of nitrogens with one attached hydrogen (secondary N) is 1. The molecule has 1 saturated heterocycles. The van der Waals surface area contributed by atoms with Crippen LogP contribution in [0, 0.1) is 0 Å². The van der Waals surface area contributed by atoms with Crippen LogP contribution < -0.4 is 10.1 Å². The van der Waals surface area contributed by atoms with Crippen LogP contribution in [0.2, 0.25) is 0 Å². The molecule has 1 N–H and O–H groups in total. The van der Waals surface area contributed by atoms with Gasteiger partial charge < -0.3 is 10.1 Å². The Hall–Kier alpha value is -2.24. The Kier molecular flexibility index (Phi) is 5.06. The lowest BCUT2D eigenvalue weighted by molar-refractivity contribution is -0.276. The number of thioether (sulfide) groups is 1. The number of ether oxygens (including phenoxy) is 1. The molecule has 0 unspecified atom stereocenters. The van der Waals surface area contributed by atoms with E-state index in [1.54, 1.807) is 0 Å². The van der Waals surface area contributed by atoms with Crippen LogP contribution in [0.25, 0.3) is 0 Å². The van der Waals surface area contributed by atoms with Gasteiger partial charge in [-0.2, -0.15) is 18.3 Å². The van der Waals surface area contributed by atoms with Gasteiger partial charge in [0.25, 0.3) is 0 Å². The van der Waals surface area contributed by atoms with E-state index in [9.17, 15) is 31.1 Å². The van der Waals surface area contributed by atoms with Gasteiger partial charge in [0.1, 0.15) is 5.75 Å². The predicted octanol–water partition coefficient (Wildman–Crippen LogP) is 3.16. The minimum absolute atomic E-state index is 0.143. The number of hydrogen-bond acceptors (Lipinski definition) is 5. The third-order valence-corrected chi connectivity index (χ3v) is 3.34. The van der Waals surface area contributed by atoms with Crippen molar-refractivity contribution < 1.29 is 35.9 Å². The molecule has 12 heteroatoms. The number of carbonyl (C=O) groups is 1. The first-order valence-electron chi connectivity index (χ1n) is 6.05. The topological polar surface area (TPSA) is 63.0 Å². The molecule has 130 valence electrons. The Balaban J connectivity index is 2.24. The van der Waals surface area contributed by atoms with Crippen molar-refractivity contribution in [1.29, 1.82) is 0 Å². The molecule has 0 bridgehead atoms. The van der Waals surface area contributed by atoms with E-state index < -0.39 is 23.9 Å². The molecule has 1 aromatic rings. The third-order valence-electron chi connectivity index (χ3n) is 2.48. The second-order valence-corrected chi connectivity index (χ2v) is 5.25. The monoisotopic (exact) mass is 371 g/mol. The number of benzene rings is 1. The van der Waals surface area contributed by atoms with E-state index in [0.717, 1.165) is 24.0 Å². The van der Waals surface area contributed by atoms with E-state index in [0.29, 0.717) is 12.1 Å². The first-order chi connectivity index (χ1) is 11.0. The van der Waals surface area contributed by atoms with Crippen LogP contribution >= 0.6 is 11.8 Å². The van der Waals surface area contributed by atoms with Gasteiger partial charge in [0.15, 0.2) is 5.17 Å². The maximum atomic E-state index is 12.8. The van der Waals surface area contributed by atoms with Gasteiger partial charge >= 0.3 is 12.5 Å². The van der Waals surface area contributed by atoms with Crippen molar-refractivity contribution in [1.82, 2.24) is 5.32 Å². The van der Waals surface area contributed by atoms with Crippen molar-refractivity contribution in [2.24, 2.45) is 10.2 Å². The zero-order valence-corrected chi connectivity index (χ0v) is 12.2. The fourth-order valence-electron chi connectivity index (χ4n) is 1.59. The molecule has 2 rings (SSSR count). The molecule has 1 aliphatic heterocycles. The zero-order valence-electron chi connectivity index (χ0n) is 11.4. The van der Waals surface area contributed by atoms with Crippen LogP contribution in [-0.2, 0) is 11.0 Å². The molecule has 0 aromatic heterocycles. The number of nitrogens with zero attached hydrogens (tertiary/aromatic N) is 2. The number of hydrogen-bond donors (Lipinski definition) is 1. The maximum absolute atomic E-state index is 12.8. The highest BCUT2D eigenvalue weighted by Crippen LogP contribution is 2.38. The van der Waals surface area contributed by atoms with Gasteiger partial charge in [0, 0.05) is 0 Å². The van der Waals surface area contributed by atoms with Gasteiger partial charge in [-0.1, -0.05) is 11.8 Å². The molecule has 0 atom stereocenters. The summed E-state index contributed by atoms with van der Waals surface area (Å²) in [5, 5.41) is 9.57. The van der Waals surface area contributed by atoms with Crippen LogP contribution in [0.3, 0.4) is 0 Å². The number of amidine groups is 1. The SMILES string of the molecule is O=C1CSC(=NN=Cc2ccc(OC(F)(F)F)c(C(F)(F)F)c2)N1. The van der Waals surface area contributed by atoms with Crippen molar-refractivity contribution in [3.8, 4) is 5.75 Å². The van der Waals surface area contributed by atoms with Gasteiger partial charge in [-0.25, -0.2) is 0 Å². The van der Waals surface area contributed by atoms with Gasteiger partial charge in [0.2, 0.25) is 5.91 Å². The number of rotatable bonds is 3. The van der Waals surface area contributed by atoms with Crippen LogP contribution in [-0.4, -0.2) is 29.4 Å². The summed E-state index contributed by atoms with van der Waals surface area (Å²) in [5.41, 5.74) is -1.74. The molecule has 0 aliphatic carbocycles. The Morgan fingerprint density at radius 1 is 1.21 bits per heavy atom. The highest BCUT2D eigenvalue weighted by atomic mass is 32.2. The average Bonchev–Trinajstić information content (AvgIpc) is 2.83. The van der Waals surface area contributed by atoms with Crippen molar-refractivity contribution in [3.05, 3.63) is 29.3 Å². The lowest BCUT2D eigenvalue weighted by atomic mass is 10.1. The normalized spacial score (nSPS) is 17.6. The molecule has 24 heavy (non-hydrogen) atoms. The van der Waals surface area contributed by atoms with Gasteiger partial charge in [-0.3, -0.25) is 4.79 Å². The molecule has 1 aromatic carbocycles. The molecule has 0 saturated carbocycles. The van der Waals surface area contributed by atoms with E-state index in [-0.39, 0.29) is 22.4 Å². The number of halogens is 6. The molecular weight excluding hydrogens is 364 g/mol. The second kappa shape index (κ2) is 6.71. The van der Waals surface area contributed by atoms with E-state index in [4.69, 9.17) is 0 Å². The summed E-state index contributed by atoms with van der Waals surface area (Å²) in [7, 11) is 0. The predicted molar refractivity (Wildman–Crippen MR) is 73.8 cm³/mol. The molecule has 1 fully saturated rings. The number of carbonyl (C=O) groups excluding carboxylic acids is 1. The van der Waals surface area contributed by atoms with Gasteiger partial charge in [0.05, 0.1) is 17.5 Å². The summed E-state index contributed by atoms with van der Waals surface area (Å²) in [4.78, 5) is 10.9. The van der Waals surface area contributed by atoms with E-state index in [2.05, 4.69) is 20.3 Å². The maximum Gasteiger partial charge on any atom is 0.573 e. The quantitative estimate of drug-likeness (QED) is 0.504. The highest BCUT2D eigenvalue weighted by molar-refractivity contribution is 8.15. The lowest BCUT2D eigenvalue weighted by Crippen LogP contribution is -2.20. The summed E-state index contributed by atoms with van der Waals surface area (Å²) in [6.45, 7) is 0.